The van der Waals surface area contributed by atoms with Gasteiger partial charge in [-0.1, -0.05) is 60.7 Å². The third-order valence-electron chi connectivity index (χ3n) is 2.02. The molecule has 2 aromatic carbocycles. The van der Waals surface area contributed by atoms with Crippen LogP contribution < -0.4 is 103 Å². The average molecular weight is 353 g/mol. The van der Waals surface area contributed by atoms with Crippen LogP contribution in [0.3, 0.4) is 0 Å². The van der Waals surface area contributed by atoms with Crippen molar-refractivity contribution in [1.29, 1.82) is 0 Å². The van der Waals surface area contributed by atoms with Crippen LogP contribution in [0.4, 0.5) is 0 Å². The molecule has 0 aliphatic heterocycles. The van der Waals surface area contributed by atoms with Crippen molar-refractivity contribution in [2.75, 3.05) is 0 Å². The van der Waals surface area contributed by atoms with Crippen LogP contribution >= 0.6 is 0 Å². The standard InChI is InChI=1S/2C7H6OS.2K/c2*8-7(9)6-4-2-1-3-5-6;;/h2*1-5H,(H,8,9);;/q;;2*+1/p-2. The predicted octanol–water partition coefficient (Wildman–Crippen LogP) is -3.24. The molecule has 0 radical (unpaired) electrons. The third-order valence-corrected chi connectivity index (χ3v) is 2.49. The number of carbonyl (C=O) groups is 2. The fourth-order valence-corrected chi connectivity index (χ4v) is 1.42. The maximum atomic E-state index is 10.5. The molecule has 0 spiro atoms. The average Bonchev–Trinajstić information content (AvgIpc) is 2.41. The molecule has 20 heavy (non-hydrogen) atoms. The molecule has 6 heteroatoms. The minimum absolute atomic E-state index is 0. The van der Waals surface area contributed by atoms with Gasteiger partial charge in [-0.2, -0.15) is 0 Å². The Morgan fingerprint density at radius 1 is 0.600 bits per heavy atom. The third kappa shape index (κ3) is 10.3. The quantitative estimate of drug-likeness (QED) is 0.420. The van der Waals surface area contributed by atoms with Gasteiger partial charge in [0.15, 0.2) is 0 Å². The smallest absolute Gasteiger partial charge is 0.737 e. The van der Waals surface area contributed by atoms with Crippen LogP contribution in [0.2, 0.25) is 0 Å². The Balaban J connectivity index is 0. The Kier molecular flexibility index (Phi) is 16.8. The maximum absolute atomic E-state index is 10.5. The Labute approximate surface area is 215 Å². The van der Waals surface area contributed by atoms with Crippen molar-refractivity contribution in [3.63, 3.8) is 0 Å². The van der Waals surface area contributed by atoms with Gasteiger partial charge in [0.25, 0.3) is 0 Å². The number of hydrogen-bond acceptors (Lipinski definition) is 4. The monoisotopic (exact) mass is 352 g/mol. The first-order valence-corrected chi connectivity index (χ1v) is 5.95. The predicted molar refractivity (Wildman–Crippen MR) is 76.3 cm³/mol. The van der Waals surface area contributed by atoms with Crippen molar-refractivity contribution >= 4 is 35.5 Å². The van der Waals surface area contributed by atoms with Crippen LogP contribution in [0.15, 0.2) is 60.7 Å². The van der Waals surface area contributed by atoms with Crippen molar-refractivity contribution in [3.05, 3.63) is 71.8 Å². The fourth-order valence-electron chi connectivity index (χ4n) is 1.15. The van der Waals surface area contributed by atoms with Crippen LogP contribution in [-0.2, 0) is 25.3 Å². The van der Waals surface area contributed by atoms with Gasteiger partial charge in [0.1, 0.15) is 0 Å². The normalized spacial score (nSPS) is 8.00. The van der Waals surface area contributed by atoms with E-state index in [0.29, 0.717) is 11.1 Å². The van der Waals surface area contributed by atoms with E-state index in [1.54, 1.807) is 48.5 Å². The number of benzene rings is 2. The second kappa shape index (κ2) is 14.1. The Morgan fingerprint density at radius 3 is 1.00 bits per heavy atom. The Morgan fingerprint density at radius 2 is 0.850 bits per heavy atom. The molecule has 0 aliphatic rings. The Hall–Kier alpha value is 1.49. The first-order chi connectivity index (χ1) is 8.61. The van der Waals surface area contributed by atoms with Crippen LogP contribution in [0.5, 0.6) is 0 Å². The van der Waals surface area contributed by atoms with E-state index in [1.807, 2.05) is 12.1 Å². The molecule has 0 heterocycles. The summed E-state index contributed by atoms with van der Waals surface area (Å²) in [4.78, 5) is 20.9. The van der Waals surface area contributed by atoms with E-state index in [4.69, 9.17) is 0 Å². The number of carbonyl (C=O) groups excluding carboxylic acids is 2. The summed E-state index contributed by atoms with van der Waals surface area (Å²) in [6, 6.07) is 17.7. The molecular weight excluding hydrogens is 342 g/mol. The van der Waals surface area contributed by atoms with Gasteiger partial charge < -0.3 is 34.8 Å². The van der Waals surface area contributed by atoms with E-state index in [-0.39, 0.29) is 113 Å². The van der Waals surface area contributed by atoms with Crippen LogP contribution in [0.1, 0.15) is 20.7 Å². The summed E-state index contributed by atoms with van der Waals surface area (Å²) in [6.07, 6.45) is 0. The minimum Gasteiger partial charge on any atom is -0.737 e. The van der Waals surface area contributed by atoms with Crippen molar-refractivity contribution < 1.29 is 112 Å². The van der Waals surface area contributed by atoms with Crippen LogP contribution in [-0.4, -0.2) is 10.2 Å². The van der Waals surface area contributed by atoms with Gasteiger partial charge in [0.05, 0.1) is 0 Å². The van der Waals surface area contributed by atoms with Gasteiger partial charge in [-0.25, -0.2) is 0 Å². The van der Waals surface area contributed by atoms with Gasteiger partial charge in [0, 0.05) is 10.2 Å². The van der Waals surface area contributed by atoms with Crippen LogP contribution in [0.25, 0.3) is 0 Å². The molecule has 2 nitrogen and oxygen atoms in total. The van der Waals surface area contributed by atoms with Crippen molar-refractivity contribution in [3.8, 4) is 0 Å². The van der Waals surface area contributed by atoms with Gasteiger partial charge in [-0.3, -0.25) is 0 Å². The molecule has 0 fully saturated rings. The van der Waals surface area contributed by atoms with Crippen molar-refractivity contribution in [2.24, 2.45) is 0 Å². The molecule has 0 saturated heterocycles. The maximum Gasteiger partial charge on any atom is 1.00 e. The van der Waals surface area contributed by atoms with Gasteiger partial charge >= 0.3 is 103 Å². The SMILES string of the molecule is O=C([S-])c1ccccc1.O=C([S-])c1ccccc1.[K+].[K+]. The largest absolute Gasteiger partial charge is 1.00 e. The topological polar surface area (TPSA) is 34.1 Å². The molecular formula is C14H10K2O2S2. The van der Waals surface area contributed by atoms with Gasteiger partial charge in [-0.15, -0.1) is 0 Å². The summed E-state index contributed by atoms with van der Waals surface area (Å²) in [5.74, 6) is 0. The summed E-state index contributed by atoms with van der Waals surface area (Å²) < 4.78 is 0. The van der Waals surface area contributed by atoms with E-state index in [0.717, 1.165) is 0 Å². The first kappa shape index (κ1) is 23.8. The molecule has 0 N–H and O–H groups in total. The number of rotatable bonds is 2. The van der Waals surface area contributed by atoms with Crippen molar-refractivity contribution in [2.45, 2.75) is 0 Å². The molecule has 2 rings (SSSR count). The van der Waals surface area contributed by atoms with Crippen LogP contribution in [0, 0.1) is 0 Å². The zero-order valence-electron chi connectivity index (χ0n) is 11.4. The molecule has 0 amide bonds. The molecule has 92 valence electrons. The summed E-state index contributed by atoms with van der Waals surface area (Å²) in [5.41, 5.74) is 1.18. The van der Waals surface area contributed by atoms with E-state index in [2.05, 4.69) is 25.3 Å². The van der Waals surface area contributed by atoms with Gasteiger partial charge in [0.2, 0.25) is 0 Å². The van der Waals surface area contributed by atoms with E-state index < -0.39 is 0 Å². The first-order valence-electron chi connectivity index (χ1n) is 5.14. The van der Waals surface area contributed by atoms with E-state index in [9.17, 15) is 9.59 Å². The molecule has 0 atom stereocenters. The Bertz CT molecular complexity index is 470. The summed E-state index contributed by atoms with van der Waals surface area (Å²) in [7, 11) is 0. The molecule has 0 aromatic heterocycles. The second-order valence-electron chi connectivity index (χ2n) is 3.31. The molecule has 0 unspecified atom stereocenters. The summed E-state index contributed by atoms with van der Waals surface area (Å²) in [5, 5.41) is -0.591. The van der Waals surface area contributed by atoms with E-state index in [1.165, 1.54) is 0 Å². The molecule has 0 bridgehead atoms. The minimum atomic E-state index is -0.296. The fraction of sp³-hybridized carbons (Fsp3) is 0. The van der Waals surface area contributed by atoms with Crippen molar-refractivity contribution in [1.82, 2.24) is 0 Å². The molecule has 0 aliphatic carbocycles. The second-order valence-corrected chi connectivity index (χ2v) is 4.05. The zero-order valence-corrected chi connectivity index (χ0v) is 19.3. The summed E-state index contributed by atoms with van der Waals surface area (Å²) >= 11 is 8.81. The molecule has 0 saturated carbocycles. The summed E-state index contributed by atoms with van der Waals surface area (Å²) in [6.45, 7) is 0. The number of hydrogen-bond donors (Lipinski definition) is 0. The molecule has 2 aromatic rings. The zero-order chi connectivity index (χ0) is 13.4. The van der Waals surface area contributed by atoms with E-state index >= 15 is 0 Å². The van der Waals surface area contributed by atoms with Gasteiger partial charge in [-0.05, 0) is 11.1 Å².